The number of aliphatic hydroxyl groups is 1. The number of ether oxygens (including phenoxy) is 1. The Morgan fingerprint density at radius 2 is 1.29 bits per heavy atom. The van der Waals surface area contributed by atoms with E-state index in [1.807, 2.05) is 0 Å². The van der Waals surface area contributed by atoms with Gasteiger partial charge in [-0.3, -0.25) is 0 Å². The molecule has 0 heterocycles. The lowest BCUT2D eigenvalue weighted by Gasteiger charge is -2.10. The molecule has 0 saturated carbocycles. The molecule has 0 spiro atoms. The summed E-state index contributed by atoms with van der Waals surface area (Å²) in [5, 5.41) is 9.35. The summed E-state index contributed by atoms with van der Waals surface area (Å²) in [6, 6.07) is 0. The highest BCUT2D eigenvalue weighted by Crippen LogP contribution is 2.10. The average Bonchev–Trinajstić information content (AvgIpc) is 2.32. The van der Waals surface area contributed by atoms with Crippen LogP contribution in [0.5, 0.6) is 0 Å². The Hall–Kier alpha value is -0.0800. The number of hydrogen-bond acceptors (Lipinski definition) is 2. The van der Waals surface area contributed by atoms with Gasteiger partial charge in [-0.05, 0) is 12.8 Å². The molecule has 0 aliphatic carbocycles. The van der Waals surface area contributed by atoms with Crippen molar-refractivity contribution in [2.75, 3.05) is 6.61 Å². The highest BCUT2D eigenvalue weighted by molar-refractivity contribution is 4.47. The summed E-state index contributed by atoms with van der Waals surface area (Å²) >= 11 is 0. The largest absolute Gasteiger partial charge is 0.368 e. The zero-order valence-corrected chi connectivity index (χ0v) is 11.9. The molecule has 0 rings (SSSR count). The van der Waals surface area contributed by atoms with E-state index in [1.54, 1.807) is 0 Å². The van der Waals surface area contributed by atoms with Gasteiger partial charge in [0.1, 0.15) is 0 Å². The highest BCUT2D eigenvalue weighted by Gasteiger charge is 2.00. The van der Waals surface area contributed by atoms with E-state index in [0.29, 0.717) is 0 Å². The van der Waals surface area contributed by atoms with Crippen LogP contribution >= 0.6 is 0 Å². The summed E-state index contributed by atoms with van der Waals surface area (Å²) in [6.45, 7) is 5.04. The smallest absolute Gasteiger partial charge is 0.154 e. The van der Waals surface area contributed by atoms with Crippen LogP contribution in [0.2, 0.25) is 0 Å². The number of aliphatic hydroxyl groups excluding tert-OH is 1. The maximum absolute atomic E-state index is 9.35. The summed E-state index contributed by atoms with van der Waals surface area (Å²) in [5.41, 5.74) is 0. The van der Waals surface area contributed by atoms with Gasteiger partial charge in [0.15, 0.2) is 6.29 Å². The SMILES string of the molecule is CCCCCCCCCCCOC(O)CCC. The van der Waals surface area contributed by atoms with Gasteiger partial charge < -0.3 is 9.84 Å². The highest BCUT2D eigenvalue weighted by atomic mass is 16.6. The molecule has 0 bridgehead atoms. The van der Waals surface area contributed by atoms with E-state index in [2.05, 4.69) is 13.8 Å². The lowest BCUT2D eigenvalue weighted by molar-refractivity contribution is -0.104. The van der Waals surface area contributed by atoms with Crippen molar-refractivity contribution in [3.05, 3.63) is 0 Å². The molecule has 1 atom stereocenters. The van der Waals surface area contributed by atoms with Crippen molar-refractivity contribution in [1.82, 2.24) is 0 Å². The van der Waals surface area contributed by atoms with Gasteiger partial charge in [0.05, 0.1) is 0 Å². The van der Waals surface area contributed by atoms with Crippen molar-refractivity contribution in [2.45, 2.75) is 90.8 Å². The van der Waals surface area contributed by atoms with Gasteiger partial charge in [0, 0.05) is 6.61 Å². The third kappa shape index (κ3) is 13.9. The average molecular weight is 244 g/mol. The van der Waals surface area contributed by atoms with Crippen molar-refractivity contribution in [1.29, 1.82) is 0 Å². The minimum atomic E-state index is -0.533. The molecule has 0 fully saturated rings. The molecular formula is C15H32O2. The fourth-order valence-corrected chi connectivity index (χ4v) is 1.96. The second kappa shape index (κ2) is 14.0. The van der Waals surface area contributed by atoms with E-state index in [0.717, 1.165) is 25.9 Å². The molecule has 0 aliphatic rings. The predicted molar refractivity (Wildman–Crippen MR) is 74.1 cm³/mol. The maximum atomic E-state index is 9.35. The van der Waals surface area contributed by atoms with E-state index in [-0.39, 0.29) is 0 Å². The third-order valence-corrected chi connectivity index (χ3v) is 3.09. The normalized spacial score (nSPS) is 12.9. The molecule has 17 heavy (non-hydrogen) atoms. The number of hydrogen-bond donors (Lipinski definition) is 1. The Balaban J connectivity index is 2.98. The van der Waals surface area contributed by atoms with Gasteiger partial charge in [-0.2, -0.15) is 0 Å². The Kier molecular flexibility index (Phi) is 13.9. The minimum Gasteiger partial charge on any atom is -0.368 e. The molecule has 0 radical (unpaired) electrons. The zero-order valence-electron chi connectivity index (χ0n) is 11.9. The summed E-state index contributed by atoms with van der Waals surface area (Å²) < 4.78 is 5.30. The number of unbranched alkanes of at least 4 members (excludes halogenated alkanes) is 8. The molecule has 2 nitrogen and oxygen atoms in total. The van der Waals surface area contributed by atoms with Crippen LogP contribution in [0.1, 0.15) is 84.5 Å². The van der Waals surface area contributed by atoms with Crippen molar-refractivity contribution < 1.29 is 9.84 Å². The lowest BCUT2D eigenvalue weighted by Crippen LogP contribution is -2.12. The fourth-order valence-electron chi connectivity index (χ4n) is 1.96. The summed E-state index contributed by atoms with van der Waals surface area (Å²) in [5.74, 6) is 0. The molecule has 104 valence electrons. The number of rotatable bonds is 13. The Morgan fingerprint density at radius 1 is 0.765 bits per heavy atom. The second-order valence-corrected chi connectivity index (χ2v) is 4.94. The van der Waals surface area contributed by atoms with Crippen molar-refractivity contribution in [3.63, 3.8) is 0 Å². The minimum absolute atomic E-state index is 0.533. The summed E-state index contributed by atoms with van der Waals surface area (Å²) in [6.07, 6.45) is 13.1. The van der Waals surface area contributed by atoms with Crippen LogP contribution in [0.4, 0.5) is 0 Å². The fraction of sp³-hybridized carbons (Fsp3) is 1.00. The van der Waals surface area contributed by atoms with Crippen LogP contribution < -0.4 is 0 Å². The monoisotopic (exact) mass is 244 g/mol. The molecule has 2 heteroatoms. The molecule has 1 unspecified atom stereocenters. The Morgan fingerprint density at radius 3 is 1.82 bits per heavy atom. The molecular weight excluding hydrogens is 212 g/mol. The van der Waals surface area contributed by atoms with Crippen LogP contribution in [0.15, 0.2) is 0 Å². The zero-order chi connectivity index (χ0) is 12.8. The third-order valence-electron chi connectivity index (χ3n) is 3.09. The van der Waals surface area contributed by atoms with Gasteiger partial charge in [-0.15, -0.1) is 0 Å². The van der Waals surface area contributed by atoms with Crippen LogP contribution in [0.3, 0.4) is 0 Å². The molecule has 0 saturated heterocycles. The molecule has 0 aromatic heterocycles. The first kappa shape index (κ1) is 16.9. The van der Waals surface area contributed by atoms with E-state index in [9.17, 15) is 5.11 Å². The van der Waals surface area contributed by atoms with Gasteiger partial charge >= 0.3 is 0 Å². The van der Waals surface area contributed by atoms with E-state index in [1.165, 1.54) is 51.4 Å². The van der Waals surface area contributed by atoms with E-state index >= 15 is 0 Å². The van der Waals surface area contributed by atoms with Crippen molar-refractivity contribution >= 4 is 0 Å². The summed E-state index contributed by atoms with van der Waals surface area (Å²) in [4.78, 5) is 0. The van der Waals surface area contributed by atoms with Crippen LogP contribution in [-0.2, 0) is 4.74 Å². The predicted octanol–water partition coefficient (Wildman–Crippen LogP) is 4.65. The van der Waals surface area contributed by atoms with Crippen LogP contribution in [0.25, 0.3) is 0 Å². The van der Waals surface area contributed by atoms with Gasteiger partial charge in [0.2, 0.25) is 0 Å². The molecule has 1 N–H and O–H groups in total. The van der Waals surface area contributed by atoms with Crippen molar-refractivity contribution in [3.8, 4) is 0 Å². The first-order chi connectivity index (χ1) is 8.31. The van der Waals surface area contributed by atoms with E-state index < -0.39 is 6.29 Å². The first-order valence-corrected chi connectivity index (χ1v) is 7.61. The molecule has 0 aromatic rings. The second-order valence-electron chi connectivity index (χ2n) is 4.94. The van der Waals surface area contributed by atoms with Gasteiger partial charge in [-0.1, -0.05) is 71.6 Å². The summed E-state index contributed by atoms with van der Waals surface area (Å²) in [7, 11) is 0. The topological polar surface area (TPSA) is 29.5 Å². The molecule has 0 amide bonds. The molecule has 0 aromatic carbocycles. The van der Waals surface area contributed by atoms with E-state index in [4.69, 9.17) is 4.74 Å². The maximum Gasteiger partial charge on any atom is 0.154 e. The van der Waals surface area contributed by atoms with Gasteiger partial charge in [0.25, 0.3) is 0 Å². The van der Waals surface area contributed by atoms with Crippen LogP contribution in [0, 0.1) is 0 Å². The van der Waals surface area contributed by atoms with Crippen LogP contribution in [-0.4, -0.2) is 18.0 Å². The molecule has 0 aliphatic heterocycles. The van der Waals surface area contributed by atoms with Gasteiger partial charge in [-0.25, -0.2) is 0 Å². The Bertz CT molecular complexity index is 137. The first-order valence-electron chi connectivity index (χ1n) is 7.61. The Labute approximate surface area is 108 Å². The standard InChI is InChI=1S/C15H32O2/c1-3-5-6-7-8-9-10-11-12-14-17-15(16)13-4-2/h15-16H,3-14H2,1-2H3. The lowest BCUT2D eigenvalue weighted by atomic mass is 10.1. The quantitative estimate of drug-likeness (QED) is 0.377. The van der Waals surface area contributed by atoms with Crippen molar-refractivity contribution in [2.24, 2.45) is 0 Å².